The molecule has 0 aromatic carbocycles. The Labute approximate surface area is 76.7 Å². The molecule has 72 valence electrons. The van der Waals surface area contributed by atoms with Gasteiger partial charge in [-0.1, -0.05) is 33.6 Å². The van der Waals surface area contributed by atoms with Crippen molar-refractivity contribution in [2.75, 3.05) is 0 Å². The Morgan fingerprint density at radius 1 is 1.33 bits per heavy atom. The van der Waals surface area contributed by atoms with E-state index in [1.807, 2.05) is 0 Å². The molecule has 2 N–H and O–H groups in total. The first kappa shape index (κ1) is 10.0. The first-order chi connectivity index (χ1) is 5.58. The molecule has 0 spiro atoms. The van der Waals surface area contributed by atoms with E-state index in [4.69, 9.17) is 5.73 Å². The van der Waals surface area contributed by atoms with E-state index in [9.17, 15) is 0 Å². The maximum absolute atomic E-state index is 6.27. The summed E-state index contributed by atoms with van der Waals surface area (Å²) < 4.78 is 0. The zero-order valence-corrected chi connectivity index (χ0v) is 8.77. The predicted octanol–water partition coefficient (Wildman–Crippen LogP) is 2.94. The first-order valence-corrected chi connectivity index (χ1v) is 5.33. The molecule has 1 saturated carbocycles. The van der Waals surface area contributed by atoms with Crippen LogP contribution in [0.2, 0.25) is 0 Å². The fourth-order valence-electron chi connectivity index (χ4n) is 2.19. The van der Waals surface area contributed by atoms with Crippen LogP contribution in [0.25, 0.3) is 0 Å². The smallest absolute Gasteiger partial charge is 0.0119 e. The van der Waals surface area contributed by atoms with Gasteiger partial charge in [-0.2, -0.15) is 0 Å². The molecule has 1 heteroatoms. The van der Waals surface area contributed by atoms with Crippen LogP contribution in [0.5, 0.6) is 0 Å². The van der Waals surface area contributed by atoms with E-state index in [1.165, 1.54) is 32.1 Å². The van der Waals surface area contributed by atoms with Crippen molar-refractivity contribution in [2.24, 2.45) is 17.1 Å². The summed E-state index contributed by atoms with van der Waals surface area (Å²) in [4.78, 5) is 0. The van der Waals surface area contributed by atoms with Crippen molar-refractivity contribution < 1.29 is 0 Å². The summed E-state index contributed by atoms with van der Waals surface area (Å²) in [6.07, 6.45) is 6.73. The van der Waals surface area contributed by atoms with Gasteiger partial charge in [0.05, 0.1) is 0 Å². The van der Waals surface area contributed by atoms with E-state index >= 15 is 0 Å². The average molecular weight is 169 g/mol. The molecule has 1 fully saturated rings. The second-order valence-corrected chi connectivity index (χ2v) is 4.91. The van der Waals surface area contributed by atoms with Crippen molar-refractivity contribution in [2.45, 2.75) is 58.9 Å². The summed E-state index contributed by atoms with van der Waals surface area (Å²) in [5.41, 5.74) is 6.61. The van der Waals surface area contributed by atoms with Gasteiger partial charge < -0.3 is 5.73 Å². The molecule has 1 nitrogen and oxygen atoms in total. The topological polar surface area (TPSA) is 26.0 Å². The van der Waals surface area contributed by atoms with Gasteiger partial charge in [0, 0.05) is 6.04 Å². The molecule has 1 rings (SSSR count). The number of hydrogen-bond donors (Lipinski definition) is 1. The molecule has 0 bridgehead atoms. The molecule has 0 heterocycles. The fourth-order valence-corrected chi connectivity index (χ4v) is 2.19. The van der Waals surface area contributed by atoms with Gasteiger partial charge in [-0.25, -0.2) is 0 Å². The van der Waals surface area contributed by atoms with Crippen LogP contribution < -0.4 is 5.73 Å². The lowest BCUT2D eigenvalue weighted by molar-refractivity contribution is 0.207. The third-order valence-corrected chi connectivity index (χ3v) is 3.72. The molecular weight excluding hydrogens is 146 g/mol. The van der Waals surface area contributed by atoms with Crippen LogP contribution in [0, 0.1) is 11.3 Å². The van der Waals surface area contributed by atoms with Crippen molar-refractivity contribution in [1.29, 1.82) is 0 Å². The summed E-state index contributed by atoms with van der Waals surface area (Å²) in [5.74, 6) is 0.806. The van der Waals surface area contributed by atoms with Crippen LogP contribution >= 0.6 is 0 Å². The molecule has 0 radical (unpaired) electrons. The minimum Gasteiger partial charge on any atom is -0.327 e. The Kier molecular flexibility index (Phi) is 3.16. The zero-order chi connectivity index (χ0) is 9.19. The molecule has 0 aromatic heterocycles. The summed E-state index contributed by atoms with van der Waals surface area (Å²) in [7, 11) is 0. The lowest BCUT2D eigenvalue weighted by Crippen LogP contribution is -2.42. The standard InChI is InChI=1S/C11H23N/c1-4-11(2,3)10(12)9-7-5-6-8-9/h9-10H,4-8,12H2,1-3H3. The molecule has 12 heavy (non-hydrogen) atoms. The first-order valence-electron chi connectivity index (χ1n) is 5.33. The van der Waals surface area contributed by atoms with Crippen LogP contribution in [0.4, 0.5) is 0 Å². The second-order valence-electron chi connectivity index (χ2n) is 4.91. The lowest BCUT2D eigenvalue weighted by atomic mass is 9.75. The minimum atomic E-state index is 0.342. The molecule has 0 amide bonds. The Bertz CT molecular complexity index is 134. The highest BCUT2D eigenvalue weighted by atomic mass is 14.7. The summed E-state index contributed by atoms with van der Waals surface area (Å²) in [6.45, 7) is 6.85. The van der Waals surface area contributed by atoms with Gasteiger partial charge in [0.2, 0.25) is 0 Å². The van der Waals surface area contributed by atoms with Crippen molar-refractivity contribution >= 4 is 0 Å². The largest absolute Gasteiger partial charge is 0.327 e. The Morgan fingerprint density at radius 3 is 2.25 bits per heavy atom. The molecule has 0 aliphatic heterocycles. The second kappa shape index (κ2) is 3.78. The maximum Gasteiger partial charge on any atom is 0.0119 e. The van der Waals surface area contributed by atoms with Crippen molar-refractivity contribution in [3.05, 3.63) is 0 Å². The minimum absolute atomic E-state index is 0.342. The maximum atomic E-state index is 6.27. The van der Waals surface area contributed by atoms with E-state index in [0.29, 0.717) is 11.5 Å². The van der Waals surface area contributed by atoms with Gasteiger partial charge in [0.1, 0.15) is 0 Å². The van der Waals surface area contributed by atoms with Crippen LogP contribution in [0.3, 0.4) is 0 Å². The van der Waals surface area contributed by atoms with Gasteiger partial charge in [-0.05, 0) is 30.6 Å². The molecule has 1 aliphatic carbocycles. The Hall–Kier alpha value is -0.0400. The monoisotopic (exact) mass is 169 g/mol. The number of rotatable bonds is 3. The van der Waals surface area contributed by atoms with E-state index in [1.54, 1.807) is 0 Å². The molecule has 1 aliphatic rings. The van der Waals surface area contributed by atoms with E-state index in [0.717, 1.165) is 5.92 Å². The van der Waals surface area contributed by atoms with Crippen molar-refractivity contribution in [3.63, 3.8) is 0 Å². The summed E-state index contributed by atoms with van der Waals surface area (Å²) in [5, 5.41) is 0. The third kappa shape index (κ3) is 2.01. The molecule has 1 unspecified atom stereocenters. The van der Waals surface area contributed by atoms with E-state index < -0.39 is 0 Å². The number of hydrogen-bond acceptors (Lipinski definition) is 1. The van der Waals surface area contributed by atoms with Crippen LogP contribution in [-0.4, -0.2) is 6.04 Å². The van der Waals surface area contributed by atoms with Crippen LogP contribution in [-0.2, 0) is 0 Å². The van der Waals surface area contributed by atoms with Crippen LogP contribution in [0.15, 0.2) is 0 Å². The van der Waals surface area contributed by atoms with Gasteiger partial charge in [0.15, 0.2) is 0 Å². The van der Waals surface area contributed by atoms with Gasteiger partial charge >= 0.3 is 0 Å². The van der Waals surface area contributed by atoms with E-state index in [2.05, 4.69) is 20.8 Å². The summed E-state index contributed by atoms with van der Waals surface area (Å²) in [6, 6.07) is 0.421. The normalized spacial score (nSPS) is 23.0. The van der Waals surface area contributed by atoms with Crippen molar-refractivity contribution in [3.8, 4) is 0 Å². The lowest BCUT2D eigenvalue weighted by Gasteiger charge is -2.34. The highest BCUT2D eigenvalue weighted by Crippen LogP contribution is 2.36. The van der Waals surface area contributed by atoms with Gasteiger partial charge in [-0.15, -0.1) is 0 Å². The van der Waals surface area contributed by atoms with Crippen molar-refractivity contribution in [1.82, 2.24) is 0 Å². The molecule has 1 atom stereocenters. The third-order valence-electron chi connectivity index (χ3n) is 3.72. The molecular formula is C11H23N. The quantitative estimate of drug-likeness (QED) is 0.690. The van der Waals surface area contributed by atoms with Gasteiger partial charge in [0.25, 0.3) is 0 Å². The highest BCUT2D eigenvalue weighted by Gasteiger charge is 2.32. The van der Waals surface area contributed by atoms with Crippen LogP contribution in [0.1, 0.15) is 52.9 Å². The molecule has 0 saturated heterocycles. The highest BCUT2D eigenvalue weighted by molar-refractivity contribution is 4.88. The Morgan fingerprint density at radius 2 is 1.83 bits per heavy atom. The fraction of sp³-hybridized carbons (Fsp3) is 1.00. The van der Waals surface area contributed by atoms with Gasteiger partial charge in [-0.3, -0.25) is 0 Å². The zero-order valence-electron chi connectivity index (χ0n) is 8.77. The SMILES string of the molecule is CCC(C)(C)C(N)C1CCCC1. The Balaban J connectivity index is 2.50. The van der Waals surface area contributed by atoms with E-state index in [-0.39, 0.29) is 0 Å². The summed E-state index contributed by atoms with van der Waals surface area (Å²) >= 11 is 0. The average Bonchev–Trinajstić information content (AvgIpc) is 2.55. The predicted molar refractivity (Wildman–Crippen MR) is 54.0 cm³/mol. The molecule has 0 aromatic rings. The number of nitrogens with two attached hydrogens (primary N) is 1.